The van der Waals surface area contributed by atoms with E-state index < -0.39 is 0 Å². The Morgan fingerprint density at radius 2 is 0.733 bits per heavy atom. The van der Waals surface area contributed by atoms with Gasteiger partial charge in [-0.15, -0.1) is 0 Å². The van der Waals surface area contributed by atoms with Crippen LogP contribution in [0.4, 0.5) is 11.4 Å². The lowest BCUT2D eigenvalue weighted by molar-refractivity contribution is 1.51. The zero-order chi connectivity index (χ0) is 20.4. The van der Waals surface area contributed by atoms with E-state index in [2.05, 4.69) is 46.4 Å². The summed E-state index contributed by atoms with van der Waals surface area (Å²) >= 11 is 0. The molecule has 0 unspecified atom stereocenters. The van der Waals surface area contributed by atoms with Crippen LogP contribution in [0, 0.1) is 0 Å². The average molecular weight is 386 g/mol. The molecule has 0 aliphatic rings. The maximum absolute atomic E-state index is 4.52. The van der Waals surface area contributed by atoms with Gasteiger partial charge in [-0.1, -0.05) is 97.1 Å². The van der Waals surface area contributed by atoms with E-state index in [0.717, 1.165) is 33.6 Å². The first-order valence-electron chi connectivity index (χ1n) is 9.92. The average Bonchev–Trinajstić information content (AvgIpc) is 2.83. The van der Waals surface area contributed by atoms with Crippen LogP contribution in [0.1, 0.15) is 22.3 Å². The largest absolute Gasteiger partial charge is 0.256 e. The normalized spacial score (nSPS) is 11.6. The molecule has 0 saturated carbocycles. The van der Waals surface area contributed by atoms with Gasteiger partial charge in [0.05, 0.1) is 11.4 Å². The Kier molecular flexibility index (Phi) is 6.39. The molecular weight excluding hydrogens is 364 g/mol. The minimum absolute atomic E-state index is 0.941. The zero-order valence-corrected chi connectivity index (χ0v) is 16.6. The van der Waals surface area contributed by atoms with Gasteiger partial charge in [0.15, 0.2) is 0 Å². The third kappa shape index (κ3) is 5.73. The topological polar surface area (TPSA) is 24.7 Å². The SMILES string of the molecule is C(=Cc1ccc(N=Cc2ccccc2)cc1)c1ccc(N=Cc2ccccc2)cc1. The molecule has 0 spiro atoms. The first kappa shape index (κ1) is 19.3. The number of aliphatic imine (C=N–C) groups is 2. The van der Waals surface area contributed by atoms with Gasteiger partial charge < -0.3 is 0 Å². The summed E-state index contributed by atoms with van der Waals surface area (Å²) in [6.45, 7) is 0. The van der Waals surface area contributed by atoms with Crippen LogP contribution in [-0.2, 0) is 0 Å². The van der Waals surface area contributed by atoms with Crippen LogP contribution in [-0.4, -0.2) is 12.4 Å². The molecule has 0 fully saturated rings. The lowest BCUT2D eigenvalue weighted by atomic mass is 10.1. The van der Waals surface area contributed by atoms with E-state index in [1.807, 2.05) is 97.4 Å². The summed E-state index contributed by atoms with van der Waals surface area (Å²) in [5, 5.41) is 0. The summed E-state index contributed by atoms with van der Waals surface area (Å²) in [6.07, 6.45) is 7.97. The van der Waals surface area contributed by atoms with Crippen molar-refractivity contribution < 1.29 is 0 Å². The highest BCUT2D eigenvalue weighted by Gasteiger charge is 1.93. The zero-order valence-electron chi connectivity index (χ0n) is 16.6. The fraction of sp³-hybridized carbons (Fsp3) is 0. The van der Waals surface area contributed by atoms with Crippen molar-refractivity contribution in [1.82, 2.24) is 0 Å². The highest BCUT2D eigenvalue weighted by molar-refractivity contribution is 5.82. The third-order valence-corrected chi connectivity index (χ3v) is 4.58. The monoisotopic (exact) mass is 386 g/mol. The molecule has 0 N–H and O–H groups in total. The van der Waals surface area contributed by atoms with Crippen LogP contribution >= 0.6 is 0 Å². The summed E-state index contributed by atoms with van der Waals surface area (Å²) < 4.78 is 0. The molecule has 0 bridgehead atoms. The molecule has 0 aromatic heterocycles. The number of hydrogen-bond donors (Lipinski definition) is 0. The lowest BCUT2D eigenvalue weighted by Gasteiger charge is -1.98. The van der Waals surface area contributed by atoms with E-state index in [1.165, 1.54) is 0 Å². The molecule has 2 heteroatoms. The van der Waals surface area contributed by atoms with Crippen LogP contribution < -0.4 is 0 Å². The van der Waals surface area contributed by atoms with Crippen LogP contribution in [0.2, 0.25) is 0 Å². The lowest BCUT2D eigenvalue weighted by Crippen LogP contribution is -1.78. The molecular formula is C28H22N2. The third-order valence-electron chi connectivity index (χ3n) is 4.58. The minimum Gasteiger partial charge on any atom is -0.256 e. The van der Waals surface area contributed by atoms with E-state index in [1.54, 1.807) is 0 Å². The molecule has 30 heavy (non-hydrogen) atoms. The Labute approximate surface area is 177 Å². The smallest absolute Gasteiger partial charge is 0.0630 e. The summed E-state index contributed by atoms with van der Waals surface area (Å²) in [7, 11) is 0. The Morgan fingerprint density at radius 1 is 0.367 bits per heavy atom. The quantitative estimate of drug-likeness (QED) is 0.244. The maximum atomic E-state index is 4.52. The Balaban J connectivity index is 1.36. The molecule has 0 radical (unpaired) electrons. The molecule has 144 valence electrons. The highest BCUT2D eigenvalue weighted by Crippen LogP contribution is 2.17. The van der Waals surface area contributed by atoms with Crippen molar-refractivity contribution in [3.05, 3.63) is 131 Å². The predicted octanol–water partition coefficient (Wildman–Crippen LogP) is 7.36. The summed E-state index contributed by atoms with van der Waals surface area (Å²) in [6, 6.07) is 36.6. The van der Waals surface area contributed by atoms with E-state index in [-0.39, 0.29) is 0 Å². The standard InChI is InChI=1S/C28H22N2/c1-3-7-25(8-4-1)21-29-27-17-13-23(14-18-27)11-12-24-15-19-28(20-16-24)30-22-26-9-5-2-6-10-26/h1-22H. The highest BCUT2D eigenvalue weighted by atomic mass is 14.7. The van der Waals surface area contributed by atoms with E-state index in [9.17, 15) is 0 Å². The molecule has 0 amide bonds. The van der Waals surface area contributed by atoms with Crippen molar-refractivity contribution in [3.63, 3.8) is 0 Å². The number of rotatable bonds is 6. The fourth-order valence-corrected chi connectivity index (χ4v) is 2.91. The number of nitrogens with zero attached hydrogens (tertiary/aromatic N) is 2. The molecule has 4 aromatic carbocycles. The number of benzene rings is 4. The van der Waals surface area contributed by atoms with Crippen LogP contribution in [0.15, 0.2) is 119 Å². The van der Waals surface area contributed by atoms with Gasteiger partial charge >= 0.3 is 0 Å². The maximum Gasteiger partial charge on any atom is 0.0630 e. The van der Waals surface area contributed by atoms with Gasteiger partial charge in [0.1, 0.15) is 0 Å². The first-order chi connectivity index (χ1) is 14.8. The number of hydrogen-bond acceptors (Lipinski definition) is 2. The first-order valence-corrected chi connectivity index (χ1v) is 9.92. The molecule has 0 saturated heterocycles. The van der Waals surface area contributed by atoms with Crippen LogP contribution in [0.5, 0.6) is 0 Å². The Hall–Kier alpha value is -4.04. The predicted molar refractivity (Wildman–Crippen MR) is 129 cm³/mol. The molecule has 2 nitrogen and oxygen atoms in total. The molecule has 0 aliphatic heterocycles. The van der Waals surface area contributed by atoms with Crippen molar-refractivity contribution >= 4 is 36.0 Å². The fourth-order valence-electron chi connectivity index (χ4n) is 2.91. The van der Waals surface area contributed by atoms with Crippen molar-refractivity contribution in [3.8, 4) is 0 Å². The second kappa shape index (κ2) is 9.94. The molecule has 0 aliphatic carbocycles. The van der Waals surface area contributed by atoms with Crippen molar-refractivity contribution in [1.29, 1.82) is 0 Å². The summed E-state index contributed by atoms with van der Waals surface area (Å²) in [5.41, 5.74) is 6.35. The van der Waals surface area contributed by atoms with Gasteiger partial charge in [-0.05, 0) is 46.5 Å². The Morgan fingerprint density at radius 3 is 1.10 bits per heavy atom. The minimum atomic E-state index is 0.941. The van der Waals surface area contributed by atoms with E-state index in [4.69, 9.17) is 0 Å². The van der Waals surface area contributed by atoms with E-state index >= 15 is 0 Å². The van der Waals surface area contributed by atoms with Crippen molar-refractivity contribution in [2.45, 2.75) is 0 Å². The van der Waals surface area contributed by atoms with Crippen molar-refractivity contribution in [2.24, 2.45) is 9.98 Å². The second-order valence-corrected chi connectivity index (χ2v) is 6.85. The van der Waals surface area contributed by atoms with Crippen molar-refractivity contribution in [2.75, 3.05) is 0 Å². The van der Waals surface area contributed by atoms with Crippen LogP contribution in [0.25, 0.3) is 12.2 Å². The second-order valence-electron chi connectivity index (χ2n) is 6.85. The van der Waals surface area contributed by atoms with E-state index in [0.29, 0.717) is 0 Å². The summed E-state index contributed by atoms with van der Waals surface area (Å²) in [5.74, 6) is 0. The Bertz CT molecular complexity index is 1040. The van der Waals surface area contributed by atoms with Gasteiger partial charge in [-0.2, -0.15) is 0 Å². The summed E-state index contributed by atoms with van der Waals surface area (Å²) in [4.78, 5) is 9.04. The molecule has 4 aromatic rings. The van der Waals surface area contributed by atoms with Gasteiger partial charge in [-0.25, -0.2) is 0 Å². The van der Waals surface area contributed by atoms with Gasteiger partial charge in [-0.3, -0.25) is 9.98 Å². The van der Waals surface area contributed by atoms with Crippen LogP contribution in [0.3, 0.4) is 0 Å². The van der Waals surface area contributed by atoms with Gasteiger partial charge in [0, 0.05) is 12.4 Å². The molecule has 4 rings (SSSR count). The molecule has 0 atom stereocenters. The molecule has 0 heterocycles. The van der Waals surface area contributed by atoms with Gasteiger partial charge in [0.25, 0.3) is 0 Å². The van der Waals surface area contributed by atoms with Gasteiger partial charge in [0.2, 0.25) is 0 Å².